The zero-order chi connectivity index (χ0) is 24.3. The van der Waals surface area contributed by atoms with Crippen LogP contribution in [0.25, 0.3) is 11.0 Å². The Morgan fingerprint density at radius 2 is 1.97 bits per heavy atom. The summed E-state index contributed by atoms with van der Waals surface area (Å²) in [5.41, 5.74) is 1.68. The number of nitrogens with one attached hydrogen (secondary N) is 2. The van der Waals surface area contributed by atoms with Crippen molar-refractivity contribution in [2.75, 3.05) is 25.9 Å². The molecule has 0 atom stereocenters. The molecule has 1 heterocycles. The Labute approximate surface area is 220 Å². The molecule has 3 rings (SSSR count). The second kappa shape index (κ2) is 11.0. The Bertz CT molecular complexity index is 1450. The van der Waals surface area contributed by atoms with Crippen molar-refractivity contribution >= 4 is 33.0 Å². The summed E-state index contributed by atoms with van der Waals surface area (Å²) >= 11 is 0. The van der Waals surface area contributed by atoms with E-state index in [-0.39, 0.29) is 54.3 Å². The summed E-state index contributed by atoms with van der Waals surface area (Å²) in [5.74, 6) is -0.0106. The van der Waals surface area contributed by atoms with Crippen molar-refractivity contribution in [1.29, 1.82) is 5.26 Å². The minimum absolute atomic E-state index is 0. The Balaban J connectivity index is 0.00000306. The summed E-state index contributed by atoms with van der Waals surface area (Å²) in [6, 6.07) is 11.5. The first-order valence-electron chi connectivity index (χ1n) is 9.74. The van der Waals surface area contributed by atoms with Gasteiger partial charge < -0.3 is 15.5 Å². The minimum Gasteiger partial charge on any atom is -1.00 e. The predicted octanol–water partition coefficient (Wildman–Crippen LogP) is -0.383. The van der Waals surface area contributed by atoms with Gasteiger partial charge in [0.05, 0.1) is 11.3 Å². The largest absolute Gasteiger partial charge is 1.00 e. The van der Waals surface area contributed by atoms with Crippen LogP contribution in [0.2, 0.25) is 0 Å². The average molecular weight is 495 g/mol. The van der Waals surface area contributed by atoms with E-state index >= 15 is 0 Å². The summed E-state index contributed by atoms with van der Waals surface area (Å²) in [7, 11) is 0.616. The molecule has 10 nitrogen and oxygen atoms in total. The quantitative estimate of drug-likeness (QED) is 0.351. The van der Waals surface area contributed by atoms with Gasteiger partial charge in [-0.2, -0.15) is 13.7 Å². The number of anilines is 1. The normalized spacial score (nSPS) is 10.8. The summed E-state index contributed by atoms with van der Waals surface area (Å²) in [6.07, 6.45) is -0.492. The van der Waals surface area contributed by atoms with Crippen molar-refractivity contribution in [2.24, 2.45) is 0 Å². The van der Waals surface area contributed by atoms with Crippen LogP contribution in [0.4, 0.5) is 10.5 Å². The van der Waals surface area contributed by atoms with Gasteiger partial charge in [0, 0.05) is 44.6 Å². The fraction of sp³-hybridized carbons (Fsp3) is 0.227. The number of rotatable bonds is 6. The molecule has 0 saturated heterocycles. The molecule has 34 heavy (non-hydrogen) atoms. The zero-order valence-electron chi connectivity index (χ0n) is 20.4. The number of hydrogen-bond donors (Lipinski definition) is 2. The Kier molecular flexibility index (Phi) is 8.88. The van der Waals surface area contributed by atoms with Gasteiger partial charge in [0.15, 0.2) is 5.75 Å². The molecule has 0 aliphatic heterocycles. The van der Waals surface area contributed by atoms with Gasteiger partial charge in [-0.3, -0.25) is 4.72 Å². The Hall–Kier alpha value is -2.88. The first-order chi connectivity index (χ1) is 15.5. The first kappa shape index (κ1) is 27.4. The van der Waals surface area contributed by atoms with Gasteiger partial charge in [0.1, 0.15) is 11.7 Å². The molecular formula is C22H23N4NaO6S. The third-order valence-corrected chi connectivity index (χ3v) is 5.94. The molecule has 0 saturated carbocycles. The minimum atomic E-state index is -3.68. The second-order valence-corrected chi connectivity index (χ2v) is 9.02. The molecule has 1 aromatic heterocycles. The maximum Gasteiger partial charge on any atom is 1.00 e. The molecule has 0 aliphatic carbocycles. The van der Waals surface area contributed by atoms with E-state index in [9.17, 15) is 23.3 Å². The summed E-state index contributed by atoms with van der Waals surface area (Å²) in [5, 5.41) is 10.0. The van der Waals surface area contributed by atoms with Gasteiger partial charge >= 0.3 is 41.3 Å². The standard InChI is InChI=1S/C22H22N4O6S.Na.H/c1-13-17-10-15(12-23)19(32-22(28)26(3)4)11-20(17)31-21(27)18(13)9-14-6-5-7-16(8-14)25-33(29,30)24-2;;/h5-8,10-11,24-25H,9H2,1-4H3;;/q;+1;-1. The smallest absolute Gasteiger partial charge is 1.00 e. The van der Waals surface area contributed by atoms with Crippen LogP contribution in [-0.2, 0) is 16.6 Å². The van der Waals surface area contributed by atoms with Crippen LogP contribution >= 0.6 is 0 Å². The van der Waals surface area contributed by atoms with Gasteiger partial charge in [-0.1, -0.05) is 12.1 Å². The zero-order valence-corrected chi connectivity index (χ0v) is 22.2. The number of hydrogen-bond acceptors (Lipinski definition) is 7. The SMILES string of the molecule is CNS(=O)(=O)Nc1cccc(Cc2c(C)c3cc(C#N)c(OC(=O)N(C)C)cc3oc2=O)c1.[H-].[Na+]. The number of amides is 1. The third kappa shape index (κ3) is 6.16. The molecule has 0 fully saturated rings. The van der Waals surface area contributed by atoms with Crippen LogP contribution in [-0.4, -0.2) is 40.6 Å². The van der Waals surface area contributed by atoms with E-state index in [2.05, 4.69) is 9.44 Å². The van der Waals surface area contributed by atoms with Crippen molar-refractivity contribution in [2.45, 2.75) is 13.3 Å². The molecule has 3 aromatic rings. The molecule has 2 aromatic carbocycles. The number of fused-ring (bicyclic) bond motifs is 1. The molecule has 0 radical (unpaired) electrons. The van der Waals surface area contributed by atoms with E-state index in [0.29, 0.717) is 27.8 Å². The van der Waals surface area contributed by atoms with E-state index in [1.165, 1.54) is 38.2 Å². The third-order valence-electron chi connectivity index (χ3n) is 4.90. The maximum atomic E-state index is 12.7. The van der Waals surface area contributed by atoms with Crippen molar-refractivity contribution in [3.63, 3.8) is 0 Å². The summed E-state index contributed by atoms with van der Waals surface area (Å²) in [6.45, 7) is 1.73. The Morgan fingerprint density at radius 1 is 1.26 bits per heavy atom. The molecule has 2 N–H and O–H groups in total. The molecular weight excluding hydrogens is 471 g/mol. The van der Waals surface area contributed by atoms with Crippen LogP contribution in [0.5, 0.6) is 5.75 Å². The van der Waals surface area contributed by atoms with Crippen LogP contribution in [0.15, 0.2) is 45.6 Å². The molecule has 174 valence electrons. The van der Waals surface area contributed by atoms with Crippen molar-refractivity contribution in [3.05, 3.63) is 69.1 Å². The number of nitriles is 1. The first-order valence-corrected chi connectivity index (χ1v) is 11.2. The fourth-order valence-corrected chi connectivity index (χ4v) is 3.67. The number of carbonyl (C=O) groups is 1. The van der Waals surface area contributed by atoms with Crippen molar-refractivity contribution in [1.82, 2.24) is 9.62 Å². The fourth-order valence-electron chi connectivity index (χ4n) is 3.13. The number of ether oxygens (including phenoxy) is 1. The van der Waals surface area contributed by atoms with Crippen LogP contribution in [0.3, 0.4) is 0 Å². The van der Waals surface area contributed by atoms with Crippen molar-refractivity contribution < 1.29 is 53.4 Å². The molecule has 0 aliphatic rings. The van der Waals surface area contributed by atoms with Crippen LogP contribution < -0.4 is 49.4 Å². The Morgan fingerprint density at radius 3 is 2.59 bits per heavy atom. The van der Waals surface area contributed by atoms with E-state index < -0.39 is 21.9 Å². The van der Waals surface area contributed by atoms with Gasteiger partial charge in [-0.15, -0.1) is 0 Å². The van der Waals surface area contributed by atoms with Gasteiger partial charge in [0.2, 0.25) is 0 Å². The van der Waals surface area contributed by atoms with Gasteiger partial charge in [-0.25, -0.2) is 14.3 Å². The second-order valence-electron chi connectivity index (χ2n) is 7.40. The van der Waals surface area contributed by atoms with E-state index in [1.807, 2.05) is 6.07 Å². The average Bonchev–Trinajstić information content (AvgIpc) is 2.76. The van der Waals surface area contributed by atoms with Crippen LogP contribution in [0.1, 0.15) is 23.7 Å². The van der Waals surface area contributed by atoms with Gasteiger partial charge in [0.25, 0.3) is 10.2 Å². The van der Waals surface area contributed by atoms with Crippen LogP contribution in [0, 0.1) is 18.3 Å². The molecule has 0 spiro atoms. The van der Waals surface area contributed by atoms with E-state index in [4.69, 9.17) is 9.15 Å². The van der Waals surface area contributed by atoms with E-state index in [0.717, 1.165) is 0 Å². The molecule has 1 amide bonds. The number of carbonyl (C=O) groups excluding carboxylic acids is 1. The predicted molar refractivity (Wildman–Crippen MR) is 124 cm³/mol. The van der Waals surface area contributed by atoms with Crippen molar-refractivity contribution in [3.8, 4) is 11.8 Å². The molecule has 0 unspecified atom stereocenters. The number of benzene rings is 2. The maximum absolute atomic E-state index is 12.7. The number of nitrogens with zero attached hydrogens (tertiary/aromatic N) is 2. The topological polar surface area (TPSA) is 142 Å². The summed E-state index contributed by atoms with van der Waals surface area (Å²) < 4.78 is 38.7. The number of aryl methyl sites for hydroxylation is 1. The molecule has 0 bridgehead atoms. The summed E-state index contributed by atoms with van der Waals surface area (Å²) in [4.78, 5) is 25.9. The van der Waals surface area contributed by atoms with Gasteiger partial charge in [-0.05, 0) is 36.2 Å². The monoisotopic (exact) mass is 494 g/mol. The molecule has 12 heteroatoms. The van der Waals surface area contributed by atoms with E-state index in [1.54, 1.807) is 31.2 Å².